The van der Waals surface area contributed by atoms with Crippen molar-refractivity contribution in [3.63, 3.8) is 0 Å². The van der Waals surface area contributed by atoms with Crippen molar-refractivity contribution in [1.29, 1.82) is 0 Å². The van der Waals surface area contributed by atoms with Crippen molar-refractivity contribution in [2.45, 2.75) is 36.9 Å². The highest BCUT2D eigenvalue weighted by molar-refractivity contribution is 7.89. The van der Waals surface area contributed by atoms with E-state index in [9.17, 15) is 31.2 Å². The Morgan fingerprint density at radius 2 is 1.78 bits per heavy atom. The van der Waals surface area contributed by atoms with Crippen LogP contribution in [0.5, 0.6) is 0 Å². The van der Waals surface area contributed by atoms with E-state index < -0.39 is 44.9 Å². The summed E-state index contributed by atoms with van der Waals surface area (Å²) in [5, 5.41) is 0. The summed E-state index contributed by atoms with van der Waals surface area (Å²) in [5.41, 5.74) is -1.58. The Morgan fingerprint density at radius 3 is 2.30 bits per heavy atom. The van der Waals surface area contributed by atoms with Gasteiger partial charge in [-0.15, -0.1) is 0 Å². The van der Waals surface area contributed by atoms with Crippen LogP contribution < -0.4 is 16.0 Å². The fourth-order valence-electron chi connectivity index (χ4n) is 3.23. The van der Waals surface area contributed by atoms with Gasteiger partial charge in [-0.3, -0.25) is 14.3 Å². The highest BCUT2D eigenvalue weighted by atomic mass is 32.2. The first-order valence-corrected chi connectivity index (χ1v) is 9.88. The second-order valence-corrected chi connectivity index (χ2v) is 8.57. The van der Waals surface area contributed by atoms with Gasteiger partial charge in [-0.25, -0.2) is 17.9 Å². The molecule has 1 unspecified atom stereocenters. The summed E-state index contributed by atoms with van der Waals surface area (Å²) in [6, 6.07) is -0.565. The zero-order valence-corrected chi connectivity index (χ0v) is 16.1. The second kappa shape index (κ2) is 7.76. The summed E-state index contributed by atoms with van der Waals surface area (Å²) in [6.45, 7) is 1.08. The maximum atomic E-state index is 12.6. The van der Waals surface area contributed by atoms with E-state index in [1.165, 1.54) is 19.0 Å². The van der Waals surface area contributed by atoms with E-state index >= 15 is 0 Å². The van der Waals surface area contributed by atoms with Gasteiger partial charge in [0.2, 0.25) is 10.0 Å². The van der Waals surface area contributed by atoms with E-state index in [4.69, 9.17) is 0 Å². The summed E-state index contributed by atoms with van der Waals surface area (Å²) in [5.74, 6) is -0.152. The molecule has 1 fully saturated rings. The number of alkyl halides is 3. The average Bonchev–Trinajstić information content (AvgIpc) is 2.54. The van der Waals surface area contributed by atoms with Crippen LogP contribution in [0.15, 0.2) is 20.7 Å². The summed E-state index contributed by atoms with van der Waals surface area (Å²) in [4.78, 5) is 24.6. The van der Waals surface area contributed by atoms with Crippen LogP contribution in [0.2, 0.25) is 0 Å². The zero-order valence-electron chi connectivity index (χ0n) is 15.3. The number of hydrogen-bond donors (Lipinski definition) is 1. The lowest BCUT2D eigenvalue weighted by molar-refractivity contribution is -0.148. The first-order chi connectivity index (χ1) is 12.3. The SMILES string of the molecule is CC(NS(=O)(=O)c1cn(C)c(=O)n(C)c1=O)C1CCN(CC(F)(F)F)CC1. The van der Waals surface area contributed by atoms with Gasteiger partial charge in [0.05, 0.1) is 6.54 Å². The lowest BCUT2D eigenvalue weighted by Gasteiger charge is -2.35. The molecule has 0 bridgehead atoms. The van der Waals surface area contributed by atoms with Crippen LogP contribution in [0.1, 0.15) is 19.8 Å². The molecule has 8 nitrogen and oxygen atoms in total. The third-order valence-corrected chi connectivity index (χ3v) is 6.33. The Kier molecular flexibility index (Phi) is 6.22. The Labute approximate surface area is 154 Å². The summed E-state index contributed by atoms with van der Waals surface area (Å²) in [6.07, 6.45) is -2.48. The molecule has 1 aromatic heterocycles. The number of nitrogens with zero attached hydrogens (tertiary/aromatic N) is 3. The molecule has 0 aliphatic carbocycles. The van der Waals surface area contributed by atoms with Crippen LogP contribution >= 0.6 is 0 Å². The molecule has 1 aliphatic rings. The number of nitrogens with one attached hydrogen (secondary N) is 1. The number of likely N-dealkylation sites (tertiary alicyclic amines) is 1. The molecule has 1 saturated heterocycles. The Morgan fingerprint density at radius 1 is 1.22 bits per heavy atom. The lowest BCUT2D eigenvalue weighted by Crippen LogP contribution is -2.47. The number of hydrogen-bond acceptors (Lipinski definition) is 5. The van der Waals surface area contributed by atoms with Crippen LogP contribution in [0.25, 0.3) is 0 Å². The quantitative estimate of drug-likeness (QED) is 0.736. The van der Waals surface area contributed by atoms with Crippen molar-refractivity contribution in [2.75, 3.05) is 19.6 Å². The molecule has 1 aliphatic heterocycles. The number of halogens is 3. The summed E-state index contributed by atoms with van der Waals surface area (Å²) >= 11 is 0. The van der Waals surface area contributed by atoms with Crippen LogP contribution in [-0.2, 0) is 24.1 Å². The minimum atomic E-state index is -4.26. The molecule has 27 heavy (non-hydrogen) atoms. The molecule has 2 heterocycles. The lowest BCUT2D eigenvalue weighted by atomic mass is 9.91. The molecular weight excluding hydrogens is 389 g/mol. The van der Waals surface area contributed by atoms with Gasteiger partial charge in [-0.05, 0) is 38.8 Å². The molecule has 0 aromatic carbocycles. The number of aryl methyl sites for hydroxylation is 1. The number of piperidine rings is 1. The van der Waals surface area contributed by atoms with Crippen molar-refractivity contribution in [3.8, 4) is 0 Å². The Bertz CT molecular complexity index is 899. The van der Waals surface area contributed by atoms with E-state index in [1.54, 1.807) is 6.92 Å². The fourth-order valence-corrected chi connectivity index (χ4v) is 4.70. The highest BCUT2D eigenvalue weighted by Crippen LogP contribution is 2.25. The van der Waals surface area contributed by atoms with Gasteiger partial charge in [0.25, 0.3) is 5.56 Å². The molecule has 1 atom stereocenters. The zero-order chi connectivity index (χ0) is 20.6. The van der Waals surface area contributed by atoms with Gasteiger partial charge in [-0.2, -0.15) is 13.2 Å². The third kappa shape index (κ3) is 5.20. The standard InChI is InChI=1S/C15H23F3N4O4S/c1-10(11-4-6-22(7-5-11)9-15(16,17)18)19-27(25,26)12-8-20(2)14(24)21(3)13(12)23/h8,10-11,19H,4-7,9H2,1-3H3. The normalized spacial score (nSPS) is 18.6. The topological polar surface area (TPSA) is 93.4 Å². The largest absolute Gasteiger partial charge is 0.401 e. The first kappa shape index (κ1) is 21.6. The minimum Gasteiger partial charge on any atom is -0.302 e. The Balaban J connectivity index is 2.09. The molecular formula is C15H23F3N4O4S. The van der Waals surface area contributed by atoms with E-state index in [0.29, 0.717) is 17.4 Å². The molecule has 0 spiro atoms. The second-order valence-electron chi connectivity index (χ2n) is 6.89. The number of rotatable bonds is 5. The smallest absolute Gasteiger partial charge is 0.302 e. The molecule has 2 rings (SSSR count). The van der Waals surface area contributed by atoms with Gasteiger partial charge in [-0.1, -0.05) is 0 Å². The maximum Gasteiger partial charge on any atom is 0.401 e. The number of aromatic nitrogens is 2. The fraction of sp³-hybridized carbons (Fsp3) is 0.733. The molecule has 1 N–H and O–H groups in total. The van der Waals surface area contributed by atoms with Crippen molar-refractivity contribution in [3.05, 3.63) is 27.0 Å². The molecule has 0 radical (unpaired) electrons. The van der Waals surface area contributed by atoms with Gasteiger partial charge in [0.1, 0.15) is 0 Å². The maximum absolute atomic E-state index is 12.6. The predicted octanol–water partition coefficient (Wildman–Crippen LogP) is 0.0251. The predicted molar refractivity (Wildman–Crippen MR) is 91.9 cm³/mol. The first-order valence-electron chi connectivity index (χ1n) is 8.40. The Hall–Kier alpha value is -1.66. The molecule has 1 aromatic rings. The summed E-state index contributed by atoms with van der Waals surface area (Å²) < 4.78 is 66.6. The summed E-state index contributed by atoms with van der Waals surface area (Å²) in [7, 11) is -1.66. The van der Waals surface area contributed by atoms with E-state index in [2.05, 4.69) is 4.72 Å². The average molecular weight is 412 g/mol. The van der Waals surface area contributed by atoms with E-state index in [0.717, 1.165) is 10.8 Å². The van der Waals surface area contributed by atoms with Gasteiger partial charge < -0.3 is 4.57 Å². The van der Waals surface area contributed by atoms with Crippen LogP contribution in [0.3, 0.4) is 0 Å². The van der Waals surface area contributed by atoms with E-state index in [-0.39, 0.29) is 19.0 Å². The highest BCUT2D eigenvalue weighted by Gasteiger charge is 2.34. The third-order valence-electron chi connectivity index (χ3n) is 4.79. The van der Waals surface area contributed by atoms with Gasteiger partial charge in [0.15, 0.2) is 4.90 Å². The van der Waals surface area contributed by atoms with Crippen molar-refractivity contribution >= 4 is 10.0 Å². The number of sulfonamides is 1. The molecule has 0 saturated carbocycles. The molecule has 12 heteroatoms. The van der Waals surface area contributed by atoms with Crippen molar-refractivity contribution in [1.82, 2.24) is 18.8 Å². The van der Waals surface area contributed by atoms with Gasteiger partial charge >= 0.3 is 11.9 Å². The minimum absolute atomic E-state index is 0.152. The monoisotopic (exact) mass is 412 g/mol. The van der Waals surface area contributed by atoms with Crippen molar-refractivity contribution < 1.29 is 21.6 Å². The van der Waals surface area contributed by atoms with Gasteiger partial charge in [0, 0.05) is 26.3 Å². The molecule has 0 amide bonds. The van der Waals surface area contributed by atoms with E-state index in [1.807, 2.05) is 0 Å². The van der Waals surface area contributed by atoms with Crippen LogP contribution in [0, 0.1) is 5.92 Å². The van der Waals surface area contributed by atoms with Crippen LogP contribution in [-0.4, -0.2) is 54.3 Å². The molecule has 154 valence electrons. The van der Waals surface area contributed by atoms with Crippen LogP contribution in [0.4, 0.5) is 13.2 Å². The van der Waals surface area contributed by atoms with Crippen molar-refractivity contribution in [2.24, 2.45) is 20.0 Å².